The zero-order chi connectivity index (χ0) is 16.2. The highest BCUT2D eigenvalue weighted by Gasteiger charge is 2.27. The van der Waals surface area contributed by atoms with Crippen LogP contribution in [0.2, 0.25) is 5.02 Å². The summed E-state index contributed by atoms with van der Waals surface area (Å²) in [6, 6.07) is 8.72. The van der Waals surface area contributed by atoms with E-state index in [-0.39, 0.29) is 24.0 Å². The lowest BCUT2D eigenvalue weighted by Crippen LogP contribution is -2.47. The molecule has 0 spiro atoms. The van der Waals surface area contributed by atoms with Gasteiger partial charge in [-0.15, -0.1) is 24.0 Å². The quantitative estimate of drug-likeness (QED) is 0.414. The molecule has 1 heterocycles. The summed E-state index contributed by atoms with van der Waals surface area (Å²) >= 11 is 6.08. The maximum absolute atomic E-state index is 6.08. The Kier molecular flexibility index (Phi) is 7.43. The van der Waals surface area contributed by atoms with E-state index in [1.165, 1.54) is 18.5 Å². The molecule has 2 N–H and O–H groups in total. The number of piperazine rings is 1. The smallest absolute Gasteiger partial charge is 0.191 e. The van der Waals surface area contributed by atoms with Gasteiger partial charge < -0.3 is 15.5 Å². The van der Waals surface area contributed by atoms with Crippen LogP contribution in [0.3, 0.4) is 0 Å². The molecule has 1 saturated carbocycles. The van der Waals surface area contributed by atoms with Gasteiger partial charge in [0.2, 0.25) is 0 Å². The molecule has 0 radical (unpaired) electrons. The highest BCUT2D eigenvalue weighted by Crippen LogP contribution is 2.24. The lowest BCUT2D eigenvalue weighted by atomic mass is 10.2. The van der Waals surface area contributed by atoms with Gasteiger partial charge in [0.25, 0.3) is 0 Å². The number of nitrogens with two attached hydrogens (primary N) is 1. The third kappa shape index (κ3) is 5.39. The van der Waals surface area contributed by atoms with E-state index in [1.807, 2.05) is 25.2 Å². The average molecular weight is 464 g/mol. The van der Waals surface area contributed by atoms with Crippen LogP contribution in [0, 0.1) is 0 Å². The van der Waals surface area contributed by atoms with Crippen molar-refractivity contribution in [3.05, 3.63) is 29.3 Å². The van der Waals surface area contributed by atoms with E-state index in [0.29, 0.717) is 12.0 Å². The average Bonchev–Trinajstić information content (AvgIpc) is 3.39. The molecule has 0 unspecified atom stereocenters. The Hall–Kier alpha value is -0.730. The Morgan fingerprint density at radius 3 is 2.62 bits per heavy atom. The van der Waals surface area contributed by atoms with Crippen molar-refractivity contribution in [1.29, 1.82) is 0 Å². The lowest BCUT2D eigenvalue weighted by molar-refractivity contribution is 0.264. The van der Waals surface area contributed by atoms with Gasteiger partial charge in [0.15, 0.2) is 5.96 Å². The van der Waals surface area contributed by atoms with E-state index in [1.54, 1.807) is 0 Å². The topological polar surface area (TPSA) is 48.1 Å². The monoisotopic (exact) mass is 463 g/mol. The number of nitrogens with zero attached hydrogens (tertiary/aromatic N) is 4. The number of hydrogen-bond acceptors (Lipinski definition) is 3. The molecular weight excluding hydrogens is 437 g/mol. The molecule has 134 valence electrons. The molecule has 0 aromatic heterocycles. The van der Waals surface area contributed by atoms with Gasteiger partial charge in [0.1, 0.15) is 0 Å². The highest BCUT2D eigenvalue weighted by molar-refractivity contribution is 14.0. The van der Waals surface area contributed by atoms with Gasteiger partial charge in [-0.3, -0.25) is 9.89 Å². The standard InChI is InChI=1S/C17H26ClN5.HI/c1-21(15-5-6-15)17(19)20-7-8-22-9-11-23(12-10-22)16-4-2-3-14(18)13-16;/h2-4,13,15H,5-12H2,1H3,(H2,19,20);1H. The Bertz CT molecular complexity index is 556. The van der Waals surface area contributed by atoms with Gasteiger partial charge >= 0.3 is 0 Å². The molecule has 2 fully saturated rings. The Morgan fingerprint density at radius 2 is 2.00 bits per heavy atom. The summed E-state index contributed by atoms with van der Waals surface area (Å²) in [5.41, 5.74) is 7.24. The Morgan fingerprint density at radius 1 is 1.29 bits per heavy atom. The summed E-state index contributed by atoms with van der Waals surface area (Å²) in [7, 11) is 2.04. The number of benzene rings is 1. The first-order chi connectivity index (χ1) is 11.1. The van der Waals surface area contributed by atoms with Crippen LogP contribution >= 0.6 is 35.6 Å². The van der Waals surface area contributed by atoms with E-state index < -0.39 is 0 Å². The number of halogens is 2. The highest BCUT2D eigenvalue weighted by atomic mass is 127. The van der Waals surface area contributed by atoms with Crippen molar-refractivity contribution in [1.82, 2.24) is 9.80 Å². The zero-order valence-corrected chi connectivity index (χ0v) is 17.3. The minimum Gasteiger partial charge on any atom is -0.370 e. The first-order valence-corrected chi connectivity index (χ1v) is 8.77. The van der Waals surface area contributed by atoms with E-state index in [0.717, 1.165) is 44.3 Å². The fourth-order valence-electron chi connectivity index (χ4n) is 2.97. The van der Waals surface area contributed by atoms with Gasteiger partial charge in [0.05, 0.1) is 6.54 Å². The Labute approximate surface area is 166 Å². The molecule has 1 saturated heterocycles. The maximum Gasteiger partial charge on any atom is 0.191 e. The number of hydrogen-bond donors (Lipinski definition) is 1. The molecule has 2 aliphatic rings. The number of guanidine groups is 1. The minimum absolute atomic E-state index is 0. The summed E-state index contributed by atoms with van der Waals surface area (Å²) in [5, 5.41) is 0.800. The molecule has 1 aliphatic carbocycles. The largest absolute Gasteiger partial charge is 0.370 e. The molecular formula is C17H27ClIN5. The van der Waals surface area contributed by atoms with Gasteiger partial charge in [-0.25, -0.2) is 0 Å². The molecule has 7 heteroatoms. The molecule has 0 bridgehead atoms. The van der Waals surface area contributed by atoms with Crippen LogP contribution in [-0.4, -0.2) is 68.1 Å². The molecule has 3 rings (SSSR count). The normalized spacial score (nSPS) is 19.1. The second-order valence-corrected chi connectivity index (χ2v) is 6.83. The van der Waals surface area contributed by atoms with E-state index in [9.17, 15) is 0 Å². The van der Waals surface area contributed by atoms with Crippen molar-refractivity contribution in [3.63, 3.8) is 0 Å². The second-order valence-electron chi connectivity index (χ2n) is 6.39. The third-order valence-corrected chi connectivity index (χ3v) is 4.93. The van der Waals surface area contributed by atoms with Crippen LogP contribution in [0.5, 0.6) is 0 Å². The maximum atomic E-state index is 6.08. The van der Waals surface area contributed by atoms with Crippen molar-refractivity contribution < 1.29 is 0 Å². The van der Waals surface area contributed by atoms with Gasteiger partial charge in [-0.1, -0.05) is 17.7 Å². The number of rotatable bonds is 5. The molecule has 1 aliphatic heterocycles. The SMILES string of the molecule is CN(C(N)=NCCN1CCN(c2cccc(Cl)c2)CC1)C1CC1.I. The molecule has 1 aromatic carbocycles. The molecule has 0 amide bonds. The minimum atomic E-state index is 0. The van der Waals surface area contributed by atoms with Gasteiger partial charge in [-0.2, -0.15) is 0 Å². The molecule has 24 heavy (non-hydrogen) atoms. The van der Waals surface area contributed by atoms with Crippen LogP contribution in [0.25, 0.3) is 0 Å². The first-order valence-electron chi connectivity index (χ1n) is 8.39. The molecule has 0 atom stereocenters. The fourth-order valence-corrected chi connectivity index (χ4v) is 3.15. The van der Waals surface area contributed by atoms with Crippen LogP contribution in [-0.2, 0) is 0 Å². The van der Waals surface area contributed by atoms with Crippen LogP contribution in [0.4, 0.5) is 5.69 Å². The van der Waals surface area contributed by atoms with Crippen molar-refractivity contribution in [2.75, 3.05) is 51.2 Å². The van der Waals surface area contributed by atoms with E-state index >= 15 is 0 Å². The predicted molar refractivity (Wildman–Crippen MR) is 113 cm³/mol. The van der Waals surface area contributed by atoms with E-state index in [4.69, 9.17) is 17.3 Å². The number of aliphatic imine (C=N–C) groups is 1. The van der Waals surface area contributed by atoms with E-state index in [2.05, 4.69) is 25.8 Å². The summed E-state index contributed by atoms with van der Waals surface area (Å²) in [6.07, 6.45) is 2.50. The molecule has 5 nitrogen and oxygen atoms in total. The first kappa shape index (κ1) is 19.6. The van der Waals surface area contributed by atoms with Gasteiger partial charge in [-0.05, 0) is 31.0 Å². The number of anilines is 1. The third-order valence-electron chi connectivity index (χ3n) is 4.69. The van der Waals surface area contributed by atoms with Crippen molar-refractivity contribution >= 4 is 47.2 Å². The summed E-state index contributed by atoms with van der Waals surface area (Å²) in [5.74, 6) is 0.685. The Balaban J connectivity index is 0.00000208. The van der Waals surface area contributed by atoms with Crippen molar-refractivity contribution in [2.45, 2.75) is 18.9 Å². The summed E-state index contributed by atoms with van der Waals surface area (Å²) in [4.78, 5) is 11.5. The van der Waals surface area contributed by atoms with Crippen LogP contribution < -0.4 is 10.6 Å². The second kappa shape index (κ2) is 9.10. The fraction of sp³-hybridized carbons (Fsp3) is 0.588. The lowest BCUT2D eigenvalue weighted by Gasteiger charge is -2.36. The van der Waals surface area contributed by atoms with Crippen LogP contribution in [0.15, 0.2) is 29.3 Å². The summed E-state index contributed by atoms with van der Waals surface area (Å²) < 4.78 is 0. The van der Waals surface area contributed by atoms with Crippen LogP contribution in [0.1, 0.15) is 12.8 Å². The van der Waals surface area contributed by atoms with Crippen molar-refractivity contribution in [3.8, 4) is 0 Å². The molecule has 1 aromatic rings. The zero-order valence-electron chi connectivity index (χ0n) is 14.2. The predicted octanol–water partition coefficient (Wildman–Crippen LogP) is 2.49. The van der Waals surface area contributed by atoms with Crippen molar-refractivity contribution in [2.24, 2.45) is 10.7 Å². The summed E-state index contributed by atoms with van der Waals surface area (Å²) in [6.45, 7) is 5.92. The van der Waals surface area contributed by atoms with Gasteiger partial charge in [0, 0.05) is 56.5 Å².